The van der Waals surface area contributed by atoms with Crippen LogP contribution in [0.2, 0.25) is 5.02 Å². The summed E-state index contributed by atoms with van der Waals surface area (Å²) in [7, 11) is 0. The summed E-state index contributed by atoms with van der Waals surface area (Å²) in [6.07, 6.45) is 0. The Morgan fingerprint density at radius 2 is 2.23 bits per heavy atom. The molecule has 0 radical (unpaired) electrons. The molecule has 0 spiro atoms. The minimum atomic E-state index is 0.0945. The van der Waals surface area contributed by atoms with Crippen LogP contribution in [0.3, 0.4) is 0 Å². The molecule has 13 heavy (non-hydrogen) atoms. The van der Waals surface area contributed by atoms with E-state index in [-0.39, 0.29) is 6.61 Å². The smallest absolute Gasteiger partial charge is 0.0684 e. The Balaban J connectivity index is 2.80. The molecule has 0 amide bonds. The molecule has 1 N–H and O–H groups in total. The Labute approximate surface area is 85.6 Å². The zero-order valence-corrected chi connectivity index (χ0v) is 8.75. The average molecular weight is 213 g/mol. The van der Waals surface area contributed by atoms with Gasteiger partial charge in [-0.05, 0) is 18.1 Å². The maximum atomic E-state index is 9.06. The van der Waals surface area contributed by atoms with Crippen molar-refractivity contribution in [3.63, 3.8) is 0 Å². The molecule has 68 valence electrons. The Morgan fingerprint density at radius 3 is 2.92 bits per heavy atom. The van der Waals surface area contributed by atoms with Gasteiger partial charge in [-0.15, -0.1) is 11.3 Å². The van der Waals surface area contributed by atoms with Crippen LogP contribution in [0.5, 0.6) is 0 Å². The third-order valence-electron chi connectivity index (χ3n) is 2.23. The van der Waals surface area contributed by atoms with Gasteiger partial charge in [-0.2, -0.15) is 0 Å². The molecule has 0 aliphatic carbocycles. The first-order valence-electron chi connectivity index (χ1n) is 4.00. The fourth-order valence-corrected chi connectivity index (χ4v) is 2.73. The highest BCUT2D eigenvalue weighted by Gasteiger charge is 2.06. The second kappa shape index (κ2) is 3.29. The van der Waals surface area contributed by atoms with Gasteiger partial charge in [0.25, 0.3) is 0 Å². The lowest BCUT2D eigenvalue weighted by Crippen LogP contribution is -1.87. The highest BCUT2D eigenvalue weighted by molar-refractivity contribution is 7.18. The molecule has 0 aliphatic rings. The topological polar surface area (TPSA) is 20.2 Å². The van der Waals surface area contributed by atoms with Crippen LogP contribution in [0.4, 0.5) is 0 Å². The number of fused-ring (bicyclic) bond motifs is 1. The highest BCUT2D eigenvalue weighted by Crippen LogP contribution is 2.33. The van der Waals surface area contributed by atoms with Gasteiger partial charge in [0.1, 0.15) is 0 Å². The van der Waals surface area contributed by atoms with Crippen LogP contribution < -0.4 is 0 Å². The van der Waals surface area contributed by atoms with E-state index in [0.717, 1.165) is 21.5 Å². The molecule has 0 unspecified atom stereocenters. The SMILES string of the molecule is Cc1c(CO)ccc2c(Cl)csc12. The van der Waals surface area contributed by atoms with Gasteiger partial charge in [0.05, 0.1) is 11.6 Å². The molecule has 0 fully saturated rings. The average Bonchev–Trinajstić information content (AvgIpc) is 2.50. The number of hydrogen-bond acceptors (Lipinski definition) is 2. The summed E-state index contributed by atoms with van der Waals surface area (Å²) in [6, 6.07) is 3.89. The van der Waals surface area contributed by atoms with Crippen molar-refractivity contribution >= 4 is 33.0 Å². The molecule has 2 rings (SSSR count). The van der Waals surface area contributed by atoms with Gasteiger partial charge in [0.15, 0.2) is 0 Å². The van der Waals surface area contributed by atoms with Gasteiger partial charge < -0.3 is 5.11 Å². The number of halogens is 1. The zero-order chi connectivity index (χ0) is 9.42. The van der Waals surface area contributed by atoms with Gasteiger partial charge in [-0.3, -0.25) is 0 Å². The van der Waals surface area contributed by atoms with Crippen LogP contribution in [-0.2, 0) is 6.61 Å². The first kappa shape index (κ1) is 9.00. The van der Waals surface area contributed by atoms with Crippen molar-refractivity contribution in [1.82, 2.24) is 0 Å². The lowest BCUT2D eigenvalue weighted by Gasteiger charge is -2.02. The van der Waals surface area contributed by atoms with Gasteiger partial charge in [-0.25, -0.2) is 0 Å². The molecule has 1 heterocycles. The van der Waals surface area contributed by atoms with Gasteiger partial charge in [0, 0.05) is 15.5 Å². The number of benzene rings is 1. The lowest BCUT2D eigenvalue weighted by molar-refractivity contribution is 0.281. The molecular formula is C10H9ClOS. The molecule has 0 saturated carbocycles. The molecular weight excluding hydrogens is 204 g/mol. The second-order valence-electron chi connectivity index (χ2n) is 2.97. The summed E-state index contributed by atoms with van der Waals surface area (Å²) >= 11 is 7.62. The molecule has 0 bridgehead atoms. The first-order valence-corrected chi connectivity index (χ1v) is 5.26. The van der Waals surface area contributed by atoms with Crippen molar-refractivity contribution < 1.29 is 5.11 Å². The second-order valence-corrected chi connectivity index (χ2v) is 4.25. The Morgan fingerprint density at radius 1 is 1.46 bits per heavy atom. The van der Waals surface area contributed by atoms with Crippen LogP contribution in [0, 0.1) is 6.92 Å². The molecule has 2 aromatic rings. The van der Waals surface area contributed by atoms with Gasteiger partial charge >= 0.3 is 0 Å². The molecule has 0 aliphatic heterocycles. The van der Waals surface area contributed by atoms with Crippen molar-refractivity contribution in [3.05, 3.63) is 33.7 Å². The van der Waals surface area contributed by atoms with Crippen molar-refractivity contribution in [2.24, 2.45) is 0 Å². The van der Waals surface area contributed by atoms with Crippen LogP contribution in [-0.4, -0.2) is 5.11 Å². The predicted octanol–water partition coefficient (Wildman–Crippen LogP) is 3.36. The first-order chi connectivity index (χ1) is 6.24. The zero-order valence-electron chi connectivity index (χ0n) is 7.17. The Hall–Kier alpha value is -0.570. The molecule has 1 aromatic carbocycles. The van der Waals surface area contributed by atoms with E-state index in [4.69, 9.17) is 16.7 Å². The standard InChI is InChI=1S/C10H9ClOS/c1-6-7(4-12)2-3-8-9(11)5-13-10(6)8/h2-3,5,12H,4H2,1H3. The summed E-state index contributed by atoms with van der Waals surface area (Å²) in [4.78, 5) is 0. The Kier molecular flexibility index (Phi) is 2.28. The van der Waals surface area contributed by atoms with E-state index in [0.29, 0.717) is 0 Å². The van der Waals surface area contributed by atoms with E-state index in [1.807, 2.05) is 24.4 Å². The number of aliphatic hydroxyl groups excluding tert-OH is 1. The van der Waals surface area contributed by atoms with E-state index >= 15 is 0 Å². The van der Waals surface area contributed by atoms with Crippen LogP contribution >= 0.6 is 22.9 Å². The fraction of sp³-hybridized carbons (Fsp3) is 0.200. The molecule has 0 saturated heterocycles. The normalized spacial score (nSPS) is 11.0. The number of rotatable bonds is 1. The number of hydrogen-bond donors (Lipinski definition) is 1. The fourth-order valence-electron chi connectivity index (χ4n) is 1.42. The van der Waals surface area contributed by atoms with Crippen LogP contribution in [0.15, 0.2) is 17.5 Å². The maximum absolute atomic E-state index is 9.06. The molecule has 0 atom stereocenters. The van der Waals surface area contributed by atoms with Crippen molar-refractivity contribution in [1.29, 1.82) is 0 Å². The van der Waals surface area contributed by atoms with Crippen molar-refractivity contribution in [2.45, 2.75) is 13.5 Å². The van der Waals surface area contributed by atoms with Crippen molar-refractivity contribution in [3.8, 4) is 0 Å². The minimum absolute atomic E-state index is 0.0945. The van der Waals surface area contributed by atoms with Crippen molar-refractivity contribution in [2.75, 3.05) is 0 Å². The maximum Gasteiger partial charge on any atom is 0.0684 e. The number of aryl methyl sites for hydroxylation is 1. The predicted molar refractivity (Wildman–Crippen MR) is 57.5 cm³/mol. The lowest BCUT2D eigenvalue weighted by atomic mass is 10.1. The number of aliphatic hydroxyl groups is 1. The third kappa shape index (κ3) is 1.35. The minimum Gasteiger partial charge on any atom is -0.392 e. The summed E-state index contributed by atoms with van der Waals surface area (Å²) in [6.45, 7) is 2.11. The summed E-state index contributed by atoms with van der Waals surface area (Å²) in [5, 5.41) is 12.9. The van der Waals surface area contributed by atoms with E-state index in [1.165, 1.54) is 4.70 Å². The number of thiophene rings is 1. The highest BCUT2D eigenvalue weighted by atomic mass is 35.5. The third-order valence-corrected chi connectivity index (χ3v) is 3.78. The van der Waals surface area contributed by atoms with E-state index in [2.05, 4.69) is 0 Å². The Bertz CT molecular complexity index is 447. The quantitative estimate of drug-likeness (QED) is 0.769. The molecule has 3 heteroatoms. The van der Waals surface area contributed by atoms with Gasteiger partial charge in [0.2, 0.25) is 0 Å². The van der Waals surface area contributed by atoms with E-state index < -0.39 is 0 Å². The molecule has 1 aromatic heterocycles. The summed E-state index contributed by atoms with van der Waals surface area (Å²) in [5.74, 6) is 0. The van der Waals surface area contributed by atoms with E-state index in [1.54, 1.807) is 11.3 Å². The summed E-state index contributed by atoms with van der Waals surface area (Å²) < 4.78 is 1.18. The van der Waals surface area contributed by atoms with Gasteiger partial charge in [-0.1, -0.05) is 23.7 Å². The monoisotopic (exact) mass is 212 g/mol. The van der Waals surface area contributed by atoms with Crippen LogP contribution in [0.25, 0.3) is 10.1 Å². The largest absolute Gasteiger partial charge is 0.392 e. The summed E-state index contributed by atoms with van der Waals surface area (Å²) in [5.41, 5.74) is 2.11. The van der Waals surface area contributed by atoms with E-state index in [9.17, 15) is 0 Å². The molecule has 1 nitrogen and oxygen atoms in total. The van der Waals surface area contributed by atoms with Crippen LogP contribution in [0.1, 0.15) is 11.1 Å².